The molecule has 0 saturated carbocycles. The first-order chi connectivity index (χ1) is 9.11. The van der Waals surface area contributed by atoms with Crippen LogP contribution in [0.5, 0.6) is 0 Å². The zero-order chi connectivity index (χ0) is 14.1. The van der Waals surface area contributed by atoms with Crippen molar-refractivity contribution < 1.29 is 19.4 Å². The molecule has 0 aliphatic rings. The van der Waals surface area contributed by atoms with Gasteiger partial charge in [-0.15, -0.1) is 0 Å². The standard InChI is InChI=1S/C14H19NO4/c1-2-11-3-5-12(6-4-11)9-13(16)15-7-8-19-10-14(17)18/h3-6H,2,7-10H2,1H3,(H,15,16)(H,17,18). The van der Waals surface area contributed by atoms with Crippen molar-refractivity contribution in [3.63, 3.8) is 0 Å². The van der Waals surface area contributed by atoms with Gasteiger partial charge in [-0.1, -0.05) is 31.2 Å². The topological polar surface area (TPSA) is 75.6 Å². The van der Waals surface area contributed by atoms with E-state index in [-0.39, 0.29) is 19.1 Å². The molecule has 1 aromatic rings. The number of carbonyl (C=O) groups excluding carboxylic acids is 1. The summed E-state index contributed by atoms with van der Waals surface area (Å²) in [7, 11) is 0. The molecule has 0 aliphatic carbocycles. The fraction of sp³-hybridized carbons (Fsp3) is 0.429. The minimum Gasteiger partial charge on any atom is -0.480 e. The van der Waals surface area contributed by atoms with E-state index < -0.39 is 5.97 Å². The lowest BCUT2D eigenvalue weighted by Crippen LogP contribution is -2.29. The van der Waals surface area contributed by atoms with Gasteiger partial charge in [0.25, 0.3) is 0 Å². The van der Waals surface area contributed by atoms with Crippen molar-refractivity contribution >= 4 is 11.9 Å². The maximum Gasteiger partial charge on any atom is 0.329 e. The number of benzene rings is 1. The average Bonchev–Trinajstić information content (AvgIpc) is 2.39. The number of nitrogens with one attached hydrogen (secondary N) is 1. The quantitative estimate of drug-likeness (QED) is 0.688. The zero-order valence-electron chi connectivity index (χ0n) is 11.0. The second kappa shape index (κ2) is 8.26. The van der Waals surface area contributed by atoms with Crippen molar-refractivity contribution in [1.82, 2.24) is 5.32 Å². The summed E-state index contributed by atoms with van der Waals surface area (Å²) in [4.78, 5) is 21.8. The number of carbonyl (C=O) groups is 2. The number of carboxylic acids is 1. The molecule has 1 rings (SSSR count). The van der Waals surface area contributed by atoms with Crippen LogP contribution in [0.25, 0.3) is 0 Å². The molecule has 0 bridgehead atoms. The van der Waals surface area contributed by atoms with E-state index in [1.54, 1.807) is 0 Å². The summed E-state index contributed by atoms with van der Waals surface area (Å²) >= 11 is 0. The van der Waals surface area contributed by atoms with E-state index in [0.29, 0.717) is 13.0 Å². The van der Waals surface area contributed by atoms with E-state index in [1.807, 2.05) is 24.3 Å². The molecular weight excluding hydrogens is 246 g/mol. The van der Waals surface area contributed by atoms with Crippen molar-refractivity contribution in [2.75, 3.05) is 19.8 Å². The predicted molar refractivity (Wildman–Crippen MR) is 71.0 cm³/mol. The third kappa shape index (κ3) is 6.57. The lowest BCUT2D eigenvalue weighted by Gasteiger charge is -2.06. The molecule has 5 nitrogen and oxygen atoms in total. The van der Waals surface area contributed by atoms with Gasteiger partial charge in [0.15, 0.2) is 0 Å². The molecular formula is C14H19NO4. The Morgan fingerprint density at radius 1 is 1.21 bits per heavy atom. The number of amides is 1. The van der Waals surface area contributed by atoms with Gasteiger partial charge in [0.05, 0.1) is 13.0 Å². The molecule has 5 heteroatoms. The molecule has 0 fully saturated rings. The number of rotatable bonds is 8. The fourth-order valence-corrected chi connectivity index (χ4v) is 1.56. The Balaban J connectivity index is 2.21. The van der Waals surface area contributed by atoms with Crippen molar-refractivity contribution in [3.05, 3.63) is 35.4 Å². The lowest BCUT2D eigenvalue weighted by molar-refractivity contribution is -0.142. The first kappa shape index (κ1) is 15.2. The van der Waals surface area contributed by atoms with Crippen molar-refractivity contribution in [2.24, 2.45) is 0 Å². The van der Waals surface area contributed by atoms with Crippen LogP contribution in [0.4, 0.5) is 0 Å². The maximum atomic E-state index is 11.6. The van der Waals surface area contributed by atoms with Gasteiger partial charge >= 0.3 is 5.97 Å². The number of aliphatic carboxylic acids is 1. The molecule has 0 heterocycles. The molecule has 0 saturated heterocycles. The van der Waals surface area contributed by atoms with Crippen LogP contribution in [-0.4, -0.2) is 36.7 Å². The smallest absolute Gasteiger partial charge is 0.329 e. The minimum absolute atomic E-state index is 0.0943. The number of carboxylic acid groups (broad SMARTS) is 1. The third-order valence-electron chi connectivity index (χ3n) is 2.59. The Kier molecular flexibility index (Phi) is 6.60. The van der Waals surface area contributed by atoms with E-state index >= 15 is 0 Å². The highest BCUT2D eigenvalue weighted by Gasteiger charge is 2.03. The summed E-state index contributed by atoms with van der Waals surface area (Å²) in [6.45, 7) is 2.26. The van der Waals surface area contributed by atoms with Crippen molar-refractivity contribution in [1.29, 1.82) is 0 Å². The molecule has 0 unspecified atom stereocenters. The van der Waals surface area contributed by atoms with Crippen LogP contribution < -0.4 is 5.32 Å². The van der Waals surface area contributed by atoms with Crippen LogP contribution in [0.2, 0.25) is 0 Å². The number of hydrogen-bond donors (Lipinski definition) is 2. The van der Waals surface area contributed by atoms with Crippen LogP contribution in [0, 0.1) is 0 Å². The summed E-state index contributed by atoms with van der Waals surface area (Å²) in [6, 6.07) is 7.91. The van der Waals surface area contributed by atoms with Gasteiger partial charge in [0.2, 0.25) is 5.91 Å². The summed E-state index contributed by atoms with van der Waals surface area (Å²) < 4.78 is 4.81. The molecule has 0 atom stereocenters. The van der Waals surface area contributed by atoms with Crippen LogP contribution in [0.3, 0.4) is 0 Å². The van der Waals surface area contributed by atoms with Crippen LogP contribution >= 0.6 is 0 Å². The van der Waals surface area contributed by atoms with Gasteiger partial charge in [0, 0.05) is 6.54 Å². The Hall–Kier alpha value is -1.88. The molecule has 19 heavy (non-hydrogen) atoms. The second-order valence-corrected chi connectivity index (χ2v) is 4.14. The second-order valence-electron chi connectivity index (χ2n) is 4.14. The van der Waals surface area contributed by atoms with E-state index in [9.17, 15) is 9.59 Å². The number of aryl methyl sites for hydroxylation is 1. The van der Waals surface area contributed by atoms with E-state index in [1.165, 1.54) is 5.56 Å². The molecule has 0 radical (unpaired) electrons. The fourth-order valence-electron chi connectivity index (χ4n) is 1.56. The summed E-state index contributed by atoms with van der Waals surface area (Å²) in [5, 5.41) is 11.0. The highest BCUT2D eigenvalue weighted by atomic mass is 16.5. The molecule has 0 spiro atoms. The number of hydrogen-bond acceptors (Lipinski definition) is 3. The van der Waals surface area contributed by atoms with Gasteiger partial charge in [-0.3, -0.25) is 4.79 Å². The zero-order valence-corrected chi connectivity index (χ0v) is 11.0. The largest absolute Gasteiger partial charge is 0.480 e. The minimum atomic E-state index is -1.01. The summed E-state index contributed by atoms with van der Waals surface area (Å²) in [6.07, 6.45) is 1.30. The SMILES string of the molecule is CCc1ccc(CC(=O)NCCOCC(=O)O)cc1. The number of ether oxygens (including phenoxy) is 1. The Labute approximate surface area is 112 Å². The van der Waals surface area contributed by atoms with Gasteiger partial charge in [0.1, 0.15) is 6.61 Å². The van der Waals surface area contributed by atoms with Crippen LogP contribution in [-0.2, 0) is 27.2 Å². The highest BCUT2D eigenvalue weighted by Crippen LogP contribution is 2.05. The third-order valence-corrected chi connectivity index (χ3v) is 2.59. The van der Waals surface area contributed by atoms with Crippen molar-refractivity contribution in [3.8, 4) is 0 Å². The monoisotopic (exact) mass is 265 g/mol. The Bertz CT molecular complexity index is 414. The predicted octanol–water partition coefficient (Wildman–Crippen LogP) is 1.01. The molecule has 104 valence electrons. The highest BCUT2D eigenvalue weighted by molar-refractivity contribution is 5.78. The normalized spacial score (nSPS) is 10.2. The first-order valence-corrected chi connectivity index (χ1v) is 6.26. The molecule has 1 aromatic carbocycles. The Morgan fingerprint density at radius 3 is 2.42 bits per heavy atom. The van der Waals surface area contributed by atoms with Gasteiger partial charge in [-0.05, 0) is 17.5 Å². The molecule has 0 aromatic heterocycles. The molecule has 1 amide bonds. The van der Waals surface area contributed by atoms with Gasteiger partial charge in [-0.25, -0.2) is 4.79 Å². The van der Waals surface area contributed by atoms with Gasteiger partial charge < -0.3 is 15.2 Å². The van der Waals surface area contributed by atoms with Crippen molar-refractivity contribution in [2.45, 2.75) is 19.8 Å². The van der Waals surface area contributed by atoms with Crippen LogP contribution in [0.1, 0.15) is 18.1 Å². The maximum absolute atomic E-state index is 11.6. The van der Waals surface area contributed by atoms with E-state index in [0.717, 1.165) is 12.0 Å². The lowest BCUT2D eigenvalue weighted by atomic mass is 10.1. The Morgan fingerprint density at radius 2 is 1.84 bits per heavy atom. The average molecular weight is 265 g/mol. The van der Waals surface area contributed by atoms with Gasteiger partial charge in [-0.2, -0.15) is 0 Å². The summed E-state index contributed by atoms with van der Waals surface area (Å²) in [5.41, 5.74) is 2.20. The van der Waals surface area contributed by atoms with E-state index in [4.69, 9.17) is 9.84 Å². The van der Waals surface area contributed by atoms with E-state index in [2.05, 4.69) is 12.2 Å². The molecule has 2 N–H and O–H groups in total. The van der Waals surface area contributed by atoms with Crippen LogP contribution in [0.15, 0.2) is 24.3 Å². The summed E-state index contributed by atoms with van der Waals surface area (Å²) in [5.74, 6) is -1.11. The molecule has 0 aliphatic heterocycles. The first-order valence-electron chi connectivity index (χ1n) is 6.26.